The van der Waals surface area contributed by atoms with Crippen LogP contribution in [0.1, 0.15) is 53.9 Å². The highest BCUT2D eigenvalue weighted by Gasteiger charge is 2.13. The largest absolute Gasteiger partial charge is 0.326 e. The molecule has 0 unspecified atom stereocenters. The summed E-state index contributed by atoms with van der Waals surface area (Å²) in [6.07, 6.45) is 7.41. The molecule has 0 aliphatic carbocycles. The number of anilines is 1. The van der Waals surface area contributed by atoms with Crippen molar-refractivity contribution in [3.05, 3.63) is 137 Å². The van der Waals surface area contributed by atoms with Gasteiger partial charge in [-0.1, -0.05) is 96.6 Å². The second-order valence-electron chi connectivity index (χ2n) is 9.34. The number of carbonyl (C=O) groups excluding carboxylic acids is 3. The molecule has 0 radical (unpaired) electrons. The fourth-order valence-electron chi connectivity index (χ4n) is 3.95. The van der Waals surface area contributed by atoms with E-state index < -0.39 is 0 Å². The molecule has 0 saturated heterocycles. The molecule has 200 valence electrons. The van der Waals surface area contributed by atoms with Crippen molar-refractivity contribution in [3.8, 4) is 12.3 Å². The third kappa shape index (κ3) is 9.57. The summed E-state index contributed by atoms with van der Waals surface area (Å²) in [5.74, 6) is 1.85. The van der Waals surface area contributed by atoms with Crippen molar-refractivity contribution < 1.29 is 17.2 Å². The van der Waals surface area contributed by atoms with Crippen molar-refractivity contribution >= 4 is 23.2 Å². The van der Waals surface area contributed by atoms with Crippen LogP contribution in [0.4, 0.5) is 5.69 Å². The summed E-state index contributed by atoms with van der Waals surface area (Å²) in [4.78, 5) is 35.8. The van der Waals surface area contributed by atoms with Crippen LogP contribution in [-0.4, -0.2) is 17.5 Å². The van der Waals surface area contributed by atoms with Gasteiger partial charge in [0.05, 0.1) is 0 Å². The van der Waals surface area contributed by atoms with Crippen molar-refractivity contribution in [2.45, 2.75) is 39.5 Å². The van der Waals surface area contributed by atoms with Crippen LogP contribution in [0.2, 0.25) is 0 Å². The quantitative estimate of drug-likeness (QED) is 0.142. The minimum atomic E-state index is -0.168. The maximum absolute atomic E-state index is 12.7. The molecule has 0 aliphatic rings. The van der Waals surface area contributed by atoms with Crippen LogP contribution in [0.3, 0.4) is 0 Å². The van der Waals surface area contributed by atoms with Gasteiger partial charge in [0.2, 0.25) is 11.7 Å². The first kappa shape index (κ1) is 28.8. The average molecular weight is 520 g/mol. The predicted molar refractivity (Wildman–Crippen MR) is 162 cm³/mol. The van der Waals surface area contributed by atoms with Gasteiger partial charge in [-0.2, -0.15) is 0 Å². The highest BCUT2D eigenvalue weighted by Crippen LogP contribution is 2.19. The molecule has 0 fully saturated rings. The number of benzene rings is 4. The molecule has 4 nitrogen and oxygen atoms in total. The van der Waals surface area contributed by atoms with Crippen molar-refractivity contribution in [1.29, 1.82) is 0 Å². The van der Waals surface area contributed by atoms with E-state index in [9.17, 15) is 14.4 Å². The molecule has 0 spiro atoms. The highest BCUT2D eigenvalue weighted by molar-refractivity contribution is 6.10. The third-order valence-corrected chi connectivity index (χ3v) is 6.16. The van der Waals surface area contributed by atoms with E-state index in [1.54, 1.807) is 18.2 Å². The Labute approximate surface area is 234 Å². The number of ketones is 2. The van der Waals surface area contributed by atoms with Crippen LogP contribution < -0.4 is 5.32 Å². The lowest BCUT2D eigenvalue weighted by molar-refractivity contribution is -0.116. The van der Waals surface area contributed by atoms with E-state index in [0.717, 1.165) is 24.0 Å². The number of carbonyl (C=O) groups is 3. The first-order valence-corrected chi connectivity index (χ1v) is 12.9. The zero-order valence-corrected chi connectivity index (χ0v) is 22.4. The molecule has 0 saturated carbocycles. The summed E-state index contributed by atoms with van der Waals surface area (Å²) in [7, 11) is 0. The Morgan fingerprint density at radius 3 is 2.08 bits per heavy atom. The number of nitrogens with one attached hydrogen (secondary N) is 1. The Balaban J connectivity index is 0.000000509. The maximum atomic E-state index is 12.7. The van der Waals surface area contributed by atoms with Gasteiger partial charge in [-0.15, -0.1) is 6.42 Å². The molecule has 0 heterocycles. The minimum absolute atomic E-state index is 0. The summed E-state index contributed by atoms with van der Waals surface area (Å²) >= 11 is 0. The zero-order chi connectivity index (χ0) is 28.0. The molecule has 4 aromatic rings. The van der Waals surface area contributed by atoms with E-state index in [4.69, 9.17) is 6.42 Å². The number of aryl methyl sites for hydroxylation is 3. The van der Waals surface area contributed by atoms with Crippen LogP contribution in [-0.2, 0) is 22.4 Å². The predicted octanol–water partition coefficient (Wildman–Crippen LogP) is 7.42. The first-order chi connectivity index (χ1) is 18.9. The topological polar surface area (TPSA) is 63.2 Å². The Morgan fingerprint density at radius 2 is 1.44 bits per heavy atom. The molecule has 4 aromatic carbocycles. The monoisotopic (exact) mass is 519 g/mol. The molecule has 39 heavy (non-hydrogen) atoms. The van der Waals surface area contributed by atoms with E-state index in [2.05, 4.69) is 23.4 Å². The first-order valence-electron chi connectivity index (χ1n) is 12.9. The van der Waals surface area contributed by atoms with Crippen LogP contribution >= 0.6 is 0 Å². The maximum Gasteiger partial charge on any atom is 0.224 e. The van der Waals surface area contributed by atoms with E-state index in [0.29, 0.717) is 29.7 Å². The molecule has 0 aromatic heterocycles. The summed E-state index contributed by atoms with van der Waals surface area (Å²) in [6, 6.07) is 32.6. The van der Waals surface area contributed by atoms with E-state index in [1.165, 1.54) is 11.1 Å². The normalized spacial score (nSPS) is 9.97. The molecule has 4 heteroatoms. The Morgan fingerprint density at radius 1 is 0.795 bits per heavy atom. The standard InChI is InChI=1S/C24H23NO2.C11H10O.2H2/c1-18-15-16-21(17-22(18)24(27)20-12-6-3-7-13-20)25-23(26)14-8-11-19-9-4-2-5-10-19;1-3-11(12)8-10-6-4-9(2)5-7-10;;/h2-7,9-10,12-13,15-17H,8,11,14H2,1H3,(H,25,26);1,4-7H,8H2,2H3;2*1H. The zero-order valence-electron chi connectivity index (χ0n) is 22.4. The fourth-order valence-corrected chi connectivity index (χ4v) is 3.95. The lowest BCUT2D eigenvalue weighted by atomic mass is 9.98. The minimum Gasteiger partial charge on any atom is -0.326 e. The van der Waals surface area contributed by atoms with Crippen LogP contribution in [0, 0.1) is 26.2 Å². The summed E-state index contributed by atoms with van der Waals surface area (Å²) in [6.45, 7) is 3.91. The number of Topliss-reactive ketones (excluding diaryl/α,β-unsaturated/α-hetero) is 1. The summed E-state index contributed by atoms with van der Waals surface area (Å²) in [5.41, 5.74) is 6.21. The van der Waals surface area contributed by atoms with Crippen LogP contribution in [0.5, 0.6) is 0 Å². The second kappa shape index (κ2) is 14.9. The van der Waals surface area contributed by atoms with Crippen LogP contribution in [0.25, 0.3) is 0 Å². The fraction of sp³-hybridized carbons (Fsp3) is 0.171. The van der Waals surface area contributed by atoms with Gasteiger partial charge in [-0.25, -0.2) is 0 Å². The second-order valence-corrected chi connectivity index (χ2v) is 9.34. The number of hydrogen-bond acceptors (Lipinski definition) is 3. The molecule has 1 N–H and O–H groups in total. The molecule has 0 bridgehead atoms. The van der Waals surface area contributed by atoms with E-state index >= 15 is 0 Å². The van der Waals surface area contributed by atoms with E-state index in [-0.39, 0.29) is 20.3 Å². The molecule has 0 atom stereocenters. The van der Waals surface area contributed by atoms with Gasteiger partial charge < -0.3 is 5.32 Å². The Hall–Kier alpha value is -4.75. The van der Waals surface area contributed by atoms with Gasteiger partial charge in [0.25, 0.3) is 0 Å². The number of hydrogen-bond donors (Lipinski definition) is 1. The SMILES string of the molecule is C#CC(=O)Cc1ccc(C)cc1.Cc1ccc(NC(=O)CCCc2ccccc2)cc1C(=O)c1ccccc1.[HH].[HH]. The number of amides is 1. The lowest BCUT2D eigenvalue weighted by Gasteiger charge is -2.10. The molecule has 1 amide bonds. The number of terminal acetylenes is 1. The van der Waals surface area contributed by atoms with Gasteiger partial charge in [0.1, 0.15) is 0 Å². The smallest absolute Gasteiger partial charge is 0.224 e. The van der Waals surface area contributed by atoms with Gasteiger partial charge in [0, 0.05) is 32.5 Å². The third-order valence-electron chi connectivity index (χ3n) is 6.16. The van der Waals surface area contributed by atoms with Gasteiger partial charge in [-0.05, 0) is 61.4 Å². The number of rotatable bonds is 9. The highest BCUT2D eigenvalue weighted by atomic mass is 16.1. The summed E-state index contributed by atoms with van der Waals surface area (Å²) in [5, 5.41) is 2.91. The molecular formula is C35H37NO3. The lowest BCUT2D eigenvalue weighted by Crippen LogP contribution is -2.12. The van der Waals surface area contributed by atoms with Crippen LogP contribution in [0.15, 0.2) is 103 Å². The summed E-state index contributed by atoms with van der Waals surface area (Å²) < 4.78 is 0. The average Bonchev–Trinajstić information content (AvgIpc) is 2.96. The molecule has 4 rings (SSSR count). The van der Waals surface area contributed by atoms with E-state index in [1.807, 2.05) is 86.6 Å². The molecular weight excluding hydrogens is 482 g/mol. The van der Waals surface area contributed by atoms with Gasteiger partial charge >= 0.3 is 0 Å². The van der Waals surface area contributed by atoms with Crippen molar-refractivity contribution in [3.63, 3.8) is 0 Å². The van der Waals surface area contributed by atoms with Gasteiger partial charge in [-0.3, -0.25) is 14.4 Å². The van der Waals surface area contributed by atoms with Gasteiger partial charge in [0.15, 0.2) is 5.78 Å². The molecule has 0 aliphatic heterocycles. The Kier molecular flexibility index (Phi) is 11.0. The Bertz CT molecular complexity index is 1440. The van der Waals surface area contributed by atoms with Crippen molar-refractivity contribution in [2.75, 3.05) is 5.32 Å². The van der Waals surface area contributed by atoms with Crippen molar-refractivity contribution in [2.24, 2.45) is 0 Å². The van der Waals surface area contributed by atoms with Crippen molar-refractivity contribution in [1.82, 2.24) is 0 Å².